The molecule has 1 saturated carbocycles. The van der Waals surface area contributed by atoms with E-state index in [-0.39, 0.29) is 30.3 Å². The van der Waals surface area contributed by atoms with Crippen LogP contribution in [0.4, 0.5) is 0 Å². The Bertz CT molecular complexity index is 1080. The molecule has 7 heteroatoms. The summed E-state index contributed by atoms with van der Waals surface area (Å²) in [7, 11) is 0. The van der Waals surface area contributed by atoms with Gasteiger partial charge in [-0.05, 0) is 56.9 Å². The molecule has 160 valence electrons. The molecule has 1 aliphatic carbocycles. The zero-order chi connectivity index (χ0) is 21.6. The third kappa shape index (κ3) is 3.41. The van der Waals surface area contributed by atoms with Crippen molar-refractivity contribution >= 4 is 6.02 Å². The summed E-state index contributed by atoms with van der Waals surface area (Å²) in [4.78, 5) is 9.06. The van der Waals surface area contributed by atoms with E-state index in [2.05, 4.69) is 31.0 Å². The van der Waals surface area contributed by atoms with E-state index in [4.69, 9.17) is 24.9 Å². The minimum atomic E-state index is -0.600. The van der Waals surface area contributed by atoms with Crippen LogP contribution >= 0.6 is 0 Å². The van der Waals surface area contributed by atoms with E-state index in [0.717, 1.165) is 41.7 Å². The van der Waals surface area contributed by atoms with Crippen LogP contribution in [0.2, 0.25) is 0 Å². The predicted octanol–water partition coefficient (Wildman–Crippen LogP) is 3.52. The first-order chi connectivity index (χ1) is 15.0. The van der Waals surface area contributed by atoms with E-state index >= 15 is 0 Å². The minimum absolute atomic E-state index is 0.0483. The number of rotatable bonds is 3. The average molecular weight is 418 g/mol. The van der Waals surface area contributed by atoms with Gasteiger partial charge in [0, 0.05) is 29.4 Å². The Labute approximate surface area is 181 Å². The summed E-state index contributed by atoms with van der Waals surface area (Å²) in [6.07, 6.45) is 6.44. The van der Waals surface area contributed by atoms with Crippen LogP contribution in [-0.4, -0.2) is 35.9 Å². The fourth-order valence-corrected chi connectivity index (χ4v) is 5.20. The second-order valence-corrected chi connectivity index (χ2v) is 8.83. The molecule has 0 amide bonds. The van der Waals surface area contributed by atoms with Gasteiger partial charge in [-0.1, -0.05) is 6.07 Å². The average Bonchev–Trinajstić information content (AvgIpc) is 3.16. The highest BCUT2D eigenvalue weighted by molar-refractivity contribution is 5.75. The molecule has 1 aromatic heterocycles. The molecule has 0 radical (unpaired) electrons. The molecule has 1 aromatic carbocycles. The number of aliphatic imine (C=N–C) groups is 1. The first-order valence-corrected chi connectivity index (χ1v) is 10.8. The molecule has 0 saturated heterocycles. The van der Waals surface area contributed by atoms with Crippen molar-refractivity contribution in [2.45, 2.75) is 57.0 Å². The molecule has 2 N–H and O–H groups in total. The zero-order valence-corrected chi connectivity index (χ0v) is 17.7. The predicted molar refractivity (Wildman–Crippen MR) is 115 cm³/mol. The van der Waals surface area contributed by atoms with Crippen LogP contribution in [0, 0.1) is 17.2 Å². The first-order valence-electron chi connectivity index (χ1n) is 10.8. The number of hydrogen-bond donors (Lipinski definition) is 1. The normalized spacial score (nSPS) is 28.8. The minimum Gasteiger partial charge on any atom is -0.490 e. The largest absolute Gasteiger partial charge is 0.490 e. The van der Waals surface area contributed by atoms with Crippen LogP contribution < -0.4 is 10.5 Å². The first kappa shape index (κ1) is 19.8. The number of nitrogens with two attached hydrogens (primary N) is 1. The summed E-state index contributed by atoms with van der Waals surface area (Å²) in [6.45, 7) is 4.53. The lowest BCUT2D eigenvalue weighted by atomic mass is 9.67. The molecule has 1 fully saturated rings. The second-order valence-electron chi connectivity index (χ2n) is 8.83. The van der Waals surface area contributed by atoms with Gasteiger partial charge in [0.15, 0.2) is 0 Å². The van der Waals surface area contributed by atoms with Crippen LogP contribution in [0.1, 0.15) is 44.2 Å². The van der Waals surface area contributed by atoms with Gasteiger partial charge < -0.3 is 19.9 Å². The Balaban J connectivity index is 1.59. The van der Waals surface area contributed by atoms with E-state index < -0.39 is 5.54 Å². The Kier molecular flexibility index (Phi) is 4.82. The van der Waals surface area contributed by atoms with Crippen molar-refractivity contribution in [1.82, 2.24) is 4.98 Å². The highest BCUT2D eigenvalue weighted by Gasteiger charge is 2.55. The molecule has 31 heavy (non-hydrogen) atoms. The Morgan fingerprint density at radius 1 is 1.23 bits per heavy atom. The molecular formula is C24H26N4O3. The van der Waals surface area contributed by atoms with E-state index in [9.17, 15) is 5.26 Å². The van der Waals surface area contributed by atoms with E-state index in [1.807, 2.05) is 18.2 Å². The van der Waals surface area contributed by atoms with Gasteiger partial charge in [0.1, 0.15) is 30.1 Å². The number of nitriles is 1. The van der Waals surface area contributed by atoms with Crippen molar-refractivity contribution in [3.8, 4) is 22.9 Å². The maximum absolute atomic E-state index is 9.24. The number of fused-ring (bicyclic) bond motifs is 4. The Morgan fingerprint density at radius 2 is 2.10 bits per heavy atom. The zero-order valence-electron chi connectivity index (χ0n) is 17.7. The summed E-state index contributed by atoms with van der Waals surface area (Å²) in [6, 6.07) is 10.3. The second kappa shape index (κ2) is 7.54. The van der Waals surface area contributed by atoms with Crippen LogP contribution in [-0.2, 0) is 15.0 Å². The highest BCUT2D eigenvalue weighted by Crippen LogP contribution is 2.53. The van der Waals surface area contributed by atoms with Gasteiger partial charge in [0.2, 0.25) is 0 Å². The number of ether oxygens (including phenoxy) is 3. The molecule has 2 aromatic rings. The Morgan fingerprint density at radius 3 is 2.84 bits per heavy atom. The van der Waals surface area contributed by atoms with Crippen LogP contribution in [0.5, 0.6) is 5.75 Å². The van der Waals surface area contributed by atoms with Crippen molar-refractivity contribution in [3.05, 3.63) is 47.8 Å². The molecule has 3 aliphatic rings. The molecular weight excluding hydrogens is 392 g/mol. The lowest BCUT2D eigenvalue weighted by molar-refractivity contribution is -0.0791. The summed E-state index contributed by atoms with van der Waals surface area (Å²) in [5, 5.41) is 9.24. The lowest BCUT2D eigenvalue weighted by Gasteiger charge is -2.48. The van der Waals surface area contributed by atoms with Crippen molar-refractivity contribution < 1.29 is 14.2 Å². The third-order valence-corrected chi connectivity index (χ3v) is 6.49. The fourth-order valence-electron chi connectivity index (χ4n) is 5.20. The SMILES string of the molecule is CC(C)OC1CCC2Oc3ccc(-c4cncc(C#N)c4)cc3C3(COC(N)=N3)C2C1. The van der Waals surface area contributed by atoms with Crippen molar-refractivity contribution in [2.75, 3.05) is 6.61 Å². The summed E-state index contributed by atoms with van der Waals surface area (Å²) in [5.41, 5.74) is 8.75. The van der Waals surface area contributed by atoms with E-state index in [1.165, 1.54) is 0 Å². The van der Waals surface area contributed by atoms with E-state index in [1.54, 1.807) is 12.4 Å². The monoisotopic (exact) mass is 418 g/mol. The maximum Gasteiger partial charge on any atom is 0.283 e. The number of amidine groups is 1. The summed E-state index contributed by atoms with van der Waals surface area (Å²) < 4.78 is 18.3. The van der Waals surface area contributed by atoms with Crippen molar-refractivity contribution in [2.24, 2.45) is 16.6 Å². The standard InChI is InChI=1S/C24H26N4O3/c1-14(2)30-18-4-6-22-20(9-18)24(13-29-23(26)28-24)19-8-16(3-5-21(19)31-22)17-7-15(10-25)11-27-12-17/h3,5,7-8,11-12,14,18,20,22H,4,6,9,13H2,1-2H3,(H2,26,28). The van der Waals surface area contributed by atoms with Gasteiger partial charge >= 0.3 is 0 Å². The summed E-state index contributed by atoms with van der Waals surface area (Å²) in [5.74, 6) is 0.928. The smallest absolute Gasteiger partial charge is 0.283 e. The van der Waals surface area contributed by atoms with Gasteiger partial charge in [-0.15, -0.1) is 0 Å². The number of benzene rings is 1. The molecule has 0 bridgehead atoms. The maximum atomic E-state index is 9.24. The molecule has 2 aliphatic heterocycles. The number of nitrogens with zero attached hydrogens (tertiary/aromatic N) is 3. The van der Waals surface area contributed by atoms with Gasteiger partial charge in [-0.25, -0.2) is 4.99 Å². The molecule has 5 rings (SSSR count). The number of hydrogen-bond acceptors (Lipinski definition) is 7. The van der Waals surface area contributed by atoms with Crippen molar-refractivity contribution in [3.63, 3.8) is 0 Å². The van der Waals surface area contributed by atoms with Gasteiger partial charge in [0.25, 0.3) is 6.02 Å². The topological polar surface area (TPSA) is 103 Å². The lowest BCUT2D eigenvalue weighted by Crippen LogP contribution is -2.52. The van der Waals surface area contributed by atoms with E-state index in [0.29, 0.717) is 12.2 Å². The molecule has 7 nitrogen and oxygen atoms in total. The third-order valence-electron chi connectivity index (χ3n) is 6.49. The summed E-state index contributed by atoms with van der Waals surface area (Å²) >= 11 is 0. The Hall–Kier alpha value is -3.11. The molecule has 1 spiro atoms. The molecule has 4 unspecified atom stereocenters. The van der Waals surface area contributed by atoms with Crippen LogP contribution in [0.3, 0.4) is 0 Å². The van der Waals surface area contributed by atoms with Gasteiger partial charge in [0.05, 0.1) is 17.8 Å². The molecule has 3 heterocycles. The van der Waals surface area contributed by atoms with Gasteiger partial charge in [-0.2, -0.15) is 5.26 Å². The van der Waals surface area contributed by atoms with Crippen LogP contribution in [0.25, 0.3) is 11.1 Å². The quantitative estimate of drug-likeness (QED) is 0.818. The fraction of sp³-hybridized carbons (Fsp3) is 0.458. The van der Waals surface area contributed by atoms with Gasteiger partial charge in [-0.3, -0.25) is 4.98 Å². The number of aromatic nitrogens is 1. The molecule has 4 atom stereocenters. The number of pyridine rings is 1. The highest BCUT2D eigenvalue weighted by atomic mass is 16.5. The van der Waals surface area contributed by atoms with Crippen molar-refractivity contribution in [1.29, 1.82) is 5.26 Å². The van der Waals surface area contributed by atoms with Crippen LogP contribution in [0.15, 0.2) is 41.7 Å².